The second-order valence-electron chi connectivity index (χ2n) is 10.7. The van der Waals surface area contributed by atoms with Crippen LogP contribution >= 0.6 is 0 Å². The Bertz CT molecular complexity index is 1670. The first-order valence-electron chi connectivity index (χ1n) is 14.1. The smallest absolute Gasteiger partial charge is 0.432 e. The Morgan fingerprint density at radius 1 is 0.653 bits per heavy atom. The fourth-order valence-electron chi connectivity index (χ4n) is 5.06. The largest absolute Gasteiger partial charge is 0.453 e. The zero-order valence-corrected chi connectivity index (χ0v) is 24.8. The van der Waals surface area contributed by atoms with E-state index in [1.54, 1.807) is 13.0 Å². The summed E-state index contributed by atoms with van der Waals surface area (Å²) in [4.78, 5) is 0. The van der Waals surface area contributed by atoms with E-state index >= 15 is 0 Å². The van der Waals surface area contributed by atoms with E-state index in [9.17, 15) is 57.1 Å². The average Bonchev–Trinajstić information content (AvgIpc) is 2.95. The standard InChI is InChI=1S/C32H23F13O4/c1-2-3-16-4-6-17(7-5-16)30(40,41)47-18-8-9-21(22(33)10-18)31(42,43)48-19-11-23(34)28(24(35)12-19)32(44,45)49-20-13-25(36)29(26(37)14-20)46-15-27(38)39/h2-3,8-17H,4-7H2,1H3/b3-2+. The lowest BCUT2D eigenvalue weighted by atomic mass is 9.81. The van der Waals surface area contributed by atoms with Crippen LogP contribution in [0.4, 0.5) is 57.1 Å². The van der Waals surface area contributed by atoms with E-state index in [0.29, 0.717) is 25.0 Å². The van der Waals surface area contributed by atoms with Gasteiger partial charge in [0.25, 0.3) is 0 Å². The zero-order chi connectivity index (χ0) is 36.3. The Hall–Kier alpha value is -4.57. The summed E-state index contributed by atoms with van der Waals surface area (Å²) in [5.74, 6) is -16.3. The molecule has 0 aliphatic heterocycles. The van der Waals surface area contributed by atoms with Crippen LogP contribution in [0, 0.1) is 40.9 Å². The number of halogens is 13. The third-order valence-corrected chi connectivity index (χ3v) is 7.26. The highest BCUT2D eigenvalue weighted by Crippen LogP contribution is 2.43. The van der Waals surface area contributed by atoms with Crippen LogP contribution in [-0.2, 0) is 12.2 Å². The van der Waals surface area contributed by atoms with Crippen molar-refractivity contribution in [3.8, 4) is 23.0 Å². The van der Waals surface area contributed by atoms with E-state index in [1.165, 1.54) is 0 Å². The molecule has 266 valence electrons. The Morgan fingerprint density at radius 3 is 1.67 bits per heavy atom. The van der Waals surface area contributed by atoms with Crippen molar-refractivity contribution >= 4 is 0 Å². The molecule has 0 N–H and O–H groups in total. The zero-order valence-electron chi connectivity index (χ0n) is 24.8. The number of ether oxygens (including phenoxy) is 4. The number of allylic oxidation sites excluding steroid dienone is 2. The van der Waals surface area contributed by atoms with Gasteiger partial charge in [-0.1, -0.05) is 12.2 Å². The topological polar surface area (TPSA) is 36.9 Å². The Labute approximate surface area is 269 Å². The van der Waals surface area contributed by atoms with Crippen LogP contribution in [-0.4, -0.2) is 6.11 Å². The summed E-state index contributed by atoms with van der Waals surface area (Å²) < 4.78 is 202. The molecule has 17 heteroatoms. The van der Waals surface area contributed by atoms with Crippen molar-refractivity contribution < 1.29 is 76.0 Å². The average molecular weight is 719 g/mol. The molecule has 3 aromatic rings. The van der Waals surface area contributed by atoms with Gasteiger partial charge >= 0.3 is 24.4 Å². The maximum absolute atomic E-state index is 14.9. The predicted octanol–water partition coefficient (Wildman–Crippen LogP) is 11.1. The van der Waals surface area contributed by atoms with E-state index in [4.69, 9.17) is 0 Å². The molecule has 4 rings (SSSR count). The molecular weight excluding hydrogens is 695 g/mol. The molecule has 0 atom stereocenters. The SMILES string of the molecule is C/C=C/C1CCC(C(F)(F)Oc2ccc(C(F)(F)Oc3cc(F)c(C(F)(F)Oc4cc(F)c(OC=C(F)F)c(F)c4)c(F)c3)c(F)c2)CC1. The third kappa shape index (κ3) is 8.92. The van der Waals surface area contributed by atoms with Crippen molar-refractivity contribution in [3.63, 3.8) is 0 Å². The van der Waals surface area contributed by atoms with Crippen LogP contribution in [0.2, 0.25) is 0 Å². The molecule has 0 bridgehead atoms. The van der Waals surface area contributed by atoms with Gasteiger partial charge in [0.1, 0.15) is 45.8 Å². The second-order valence-corrected chi connectivity index (χ2v) is 10.7. The molecule has 0 spiro atoms. The van der Waals surface area contributed by atoms with Gasteiger partial charge < -0.3 is 18.9 Å². The van der Waals surface area contributed by atoms with E-state index in [2.05, 4.69) is 18.9 Å². The van der Waals surface area contributed by atoms with E-state index in [0.717, 1.165) is 0 Å². The number of rotatable bonds is 12. The minimum atomic E-state index is -5.07. The maximum Gasteiger partial charge on any atom is 0.432 e. The minimum absolute atomic E-state index is 0.00650. The normalized spacial score (nSPS) is 17.2. The molecule has 1 fully saturated rings. The first-order valence-corrected chi connectivity index (χ1v) is 14.1. The number of benzene rings is 3. The maximum atomic E-state index is 14.9. The first kappa shape index (κ1) is 37.3. The highest BCUT2D eigenvalue weighted by atomic mass is 19.3. The molecule has 1 saturated carbocycles. The van der Waals surface area contributed by atoms with Gasteiger partial charge in [-0.2, -0.15) is 35.1 Å². The van der Waals surface area contributed by atoms with E-state index in [1.807, 2.05) is 6.08 Å². The van der Waals surface area contributed by atoms with Gasteiger partial charge in [-0.25, -0.2) is 22.0 Å². The van der Waals surface area contributed by atoms with Gasteiger partial charge in [0, 0.05) is 30.3 Å². The molecule has 0 saturated heterocycles. The van der Waals surface area contributed by atoms with Crippen molar-refractivity contribution in [2.45, 2.75) is 50.9 Å². The number of alkyl halides is 6. The van der Waals surface area contributed by atoms with Crippen LogP contribution in [0.5, 0.6) is 23.0 Å². The highest BCUT2D eigenvalue weighted by molar-refractivity contribution is 5.38. The molecule has 0 amide bonds. The summed E-state index contributed by atoms with van der Waals surface area (Å²) in [5, 5.41) is 0. The van der Waals surface area contributed by atoms with Gasteiger partial charge in [0.05, 0.1) is 5.92 Å². The monoisotopic (exact) mass is 718 g/mol. The minimum Gasteiger partial charge on any atom is -0.453 e. The number of hydrogen-bond acceptors (Lipinski definition) is 4. The van der Waals surface area contributed by atoms with Crippen molar-refractivity contribution in [2.24, 2.45) is 11.8 Å². The van der Waals surface area contributed by atoms with Crippen LogP contribution in [0.1, 0.15) is 43.7 Å². The molecule has 0 heterocycles. The Balaban J connectivity index is 1.48. The molecular formula is C32H23F13O4. The van der Waals surface area contributed by atoms with Crippen molar-refractivity contribution in [3.05, 3.63) is 107 Å². The second kappa shape index (κ2) is 14.5. The molecule has 0 unspecified atom stereocenters. The molecule has 3 aromatic carbocycles. The van der Waals surface area contributed by atoms with Crippen molar-refractivity contribution in [1.29, 1.82) is 0 Å². The molecule has 4 nitrogen and oxygen atoms in total. The van der Waals surface area contributed by atoms with Crippen LogP contribution in [0.15, 0.2) is 67.0 Å². The summed E-state index contributed by atoms with van der Waals surface area (Å²) in [6.45, 7) is 1.79. The first-order chi connectivity index (χ1) is 22.8. The van der Waals surface area contributed by atoms with Gasteiger partial charge in [-0.05, 0) is 50.7 Å². The van der Waals surface area contributed by atoms with Gasteiger partial charge in [-0.3, -0.25) is 0 Å². The fourth-order valence-corrected chi connectivity index (χ4v) is 5.06. The molecule has 1 aliphatic carbocycles. The quantitative estimate of drug-likeness (QED) is 0.106. The third-order valence-electron chi connectivity index (χ3n) is 7.26. The molecule has 49 heavy (non-hydrogen) atoms. The van der Waals surface area contributed by atoms with Gasteiger partial charge in [0.15, 0.2) is 23.6 Å². The summed E-state index contributed by atoms with van der Waals surface area (Å²) >= 11 is 0. The van der Waals surface area contributed by atoms with Gasteiger partial charge in [-0.15, -0.1) is 0 Å². The summed E-state index contributed by atoms with van der Waals surface area (Å²) in [5.41, 5.74) is -3.84. The lowest BCUT2D eigenvalue weighted by Gasteiger charge is -2.32. The van der Waals surface area contributed by atoms with E-state index < -0.39 is 93.5 Å². The lowest BCUT2D eigenvalue weighted by molar-refractivity contribution is -0.223. The van der Waals surface area contributed by atoms with Crippen LogP contribution in [0.25, 0.3) is 0 Å². The number of hydrogen-bond donors (Lipinski definition) is 0. The molecule has 0 radical (unpaired) electrons. The summed E-state index contributed by atoms with van der Waals surface area (Å²) in [6, 6.07) is 0.790. The lowest BCUT2D eigenvalue weighted by Crippen LogP contribution is -2.37. The fraction of sp³-hybridized carbons (Fsp3) is 0.312. The highest BCUT2D eigenvalue weighted by Gasteiger charge is 2.45. The Kier molecular flexibility index (Phi) is 11.0. The molecule has 0 aromatic heterocycles. The summed E-state index contributed by atoms with van der Waals surface area (Å²) in [7, 11) is 0. The van der Waals surface area contributed by atoms with Crippen LogP contribution in [0.3, 0.4) is 0 Å². The van der Waals surface area contributed by atoms with Gasteiger partial charge in [0.2, 0.25) is 0 Å². The molecule has 1 aliphatic rings. The van der Waals surface area contributed by atoms with E-state index in [-0.39, 0.29) is 55.4 Å². The van der Waals surface area contributed by atoms with Crippen molar-refractivity contribution in [2.75, 3.05) is 0 Å². The summed E-state index contributed by atoms with van der Waals surface area (Å²) in [6.07, 6.45) is -11.7. The van der Waals surface area contributed by atoms with Crippen molar-refractivity contribution in [1.82, 2.24) is 0 Å². The predicted molar refractivity (Wildman–Crippen MR) is 145 cm³/mol. The Morgan fingerprint density at radius 2 is 1.16 bits per heavy atom. The van der Waals surface area contributed by atoms with Crippen LogP contribution < -0.4 is 18.9 Å².